The predicted molar refractivity (Wildman–Crippen MR) is 77.1 cm³/mol. The Hall–Kier alpha value is -2.08. The van der Waals surface area contributed by atoms with Crippen molar-refractivity contribution in [1.82, 2.24) is 0 Å². The summed E-state index contributed by atoms with van der Waals surface area (Å²) >= 11 is 5.72. The minimum Gasteiger partial charge on any atom is -0.497 e. The van der Waals surface area contributed by atoms with Gasteiger partial charge in [-0.1, -0.05) is 11.6 Å². The number of benzene rings is 2. The Balaban J connectivity index is 2.33. The minimum atomic E-state index is -4.47. The van der Waals surface area contributed by atoms with E-state index in [9.17, 15) is 13.2 Å². The van der Waals surface area contributed by atoms with E-state index in [1.165, 1.54) is 13.2 Å². The smallest absolute Gasteiger partial charge is 0.416 e. The van der Waals surface area contributed by atoms with Gasteiger partial charge in [0.15, 0.2) is 0 Å². The topological polar surface area (TPSA) is 47.3 Å². The molecular weight excluding hydrogens is 305 g/mol. The highest BCUT2D eigenvalue weighted by Gasteiger charge is 2.31. The summed E-state index contributed by atoms with van der Waals surface area (Å²) in [5.74, 6) is 0.556. The van der Waals surface area contributed by atoms with E-state index in [-0.39, 0.29) is 10.7 Å². The predicted octanol–water partition coefficient (Wildman–Crippen LogP) is 4.69. The number of hydrogen-bond donors (Lipinski definition) is 2. The molecule has 2 aromatic carbocycles. The fraction of sp³-hybridized carbons (Fsp3) is 0.143. The Labute approximate surface area is 124 Å². The molecule has 2 rings (SSSR count). The highest BCUT2D eigenvalue weighted by atomic mass is 35.5. The van der Waals surface area contributed by atoms with Crippen LogP contribution in [0.1, 0.15) is 5.56 Å². The van der Waals surface area contributed by atoms with Gasteiger partial charge in [-0.2, -0.15) is 13.2 Å². The number of halogens is 4. The zero-order valence-corrected chi connectivity index (χ0v) is 11.7. The van der Waals surface area contributed by atoms with Gasteiger partial charge < -0.3 is 15.8 Å². The van der Waals surface area contributed by atoms with Gasteiger partial charge in [-0.05, 0) is 30.3 Å². The van der Waals surface area contributed by atoms with E-state index in [4.69, 9.17) is 22.1 Å². The van der Waals surface area contributed by atoms with Gasteiger partial charge in [0.25, 0.3) is 0 Å². The second-order valence-corrected chi connectivity index (χ2v) is 4.74. The number of anilines is 3. The molecule has 0 aliphatic rings. The van der Waals surface area contributed by atoms with E-state index in [0.29, 0.717) is 17.1 Å². The Bertz CT molecular complexity index is 659. The van der Waals surface area contributed by atoms with Crippen LogP contribution in [0.25, 0.3) is 0 Å². The lowest BCUT2D eigenvalue weighted by Gasteiger charge is -2.13. The fourth-order valence-electron chi connectivity index (χ4n) is 1.76. The number of alkyl halides is 3. The molecule has 0 saturated heterocycles. The molecule has 112 valence electrons. The number of methoxy groups -OCH3 is 1. The number of nitrogens with two attached hydrogens (primary N) is 1. The molecular formula is C14H12ClF3N2O. The maximum atomic E-state index is 12.7. The summed E-state index contributed by atoms with van der Waals surface area (Å²) in [7, 11) is 1.49. The van der Waals surface area contributed by atoms with Crippen molar-refractivity contribution in [2.75, 3.05) is 18.2 Å². The van der Waals surface area contributed by atoms with Gasteiger partial charge in [0, 0.05) is 16.8 Å². The van der Waals surface area contributed by atoms with Gasteiger partial charge in [0.1, 0.15) is 5.75 Å². The molecule has 0 unspecified atom stereocenters. The lowest BCUT2D eigenvalue weighted by atomic mass is 10.1. The van der Waals surface area contributed by atoms with Crippen molar-refractivity contribution in [2.24, 2.45) is 0 Å². The molecule has 0 fully saturated rings. The molecule has 0 aromatic heterocycles. The van der Waals surface area contributed by atoms with E-state index in [0.717, 1.165) is 12.1 Å². The summed E-state index contributed by atoms with van der Waals surface area (Å²) in [5.41, 5.74) is 5.99. The first-order valence-electron chi connectivity index (χ1n) is 5.88. The molecule has 0 amide bonds. The summed E-state index contributed by atoms with van der Waals surface area (Å²) in [4.78, 5) is 0. The standard InChI is InChI=1S/C14H12ClF3N2O/c1-21-11-2-3-13(12(19)7-11)20-10-5-8(14(16,17)18)4-9(15)6-10/h2-7,20H,19H2,1H3. The summed E-state index contributed by atoms with van der Waals surface area (Å²) < 4.78 is 43.2. The molecule has 0 spiro atoms. The maximum absolute atomic E-state index is 12.7. The van der Waals surface area contributed by atoms with E-state index < -0.39 is 11.7 Å². The van der Waals surface area contributed by atoms with Crippen LogP contribution in [-0.2, 0) is 6.18 Å². The molecule has 2 aromatic rings. The molecule has 0 aliphatic carbocycles. The average molecular weight is 317 g/mol. The lowest BCUT2D eigenvalue weighted by molar-refractivity contribution is -0.137. The third-order valence-electron chi connectivity index (χ3n) is 2.76. The van der Waals surface area contributed by atoms with Crippen LogP contribution in [0.15, 0.2) is 36.4 Å². The Morgan fingerprint density at radius 1 is 1.14 bits per heavy atom. The molecule has 0 atom stereocenters. The first kappa shape index (κ1) is 15.3. The first-order valence-corrected chi connectivity index (χ1v) is 6.26. The highest BCUT2D eigenvalue weighted by Crippen LogP contribution is 2.35. The molecule has 21 heavy (non-hydrogen) atoms. The molecule has 0 bridgehead atoms. The van der Waals surface area contributed by atoms with Crippen LogP contribution in [0, 0.1) is 0 Å². The van der Waals surface area contributed by atoms with Crippen molar-refractivity contribution in [3.63, 3.8) is 0 Å². The molecule has 0 saturated carbocycles. The molecule has 3 nitrogen and oxygen atoms in total. The molecule has 0 aliphatic heterocycles. The lowest BCUT2D eigenvalue weighted by Crippen LogP contribution is -2.06. The zero-order chi connectivity index (χ0) is 15.6. The normalized spacial score (nSPS) is 11.3. The van der Waals surface area contributed by atoms with Gasteiger partial charge >= 0.3 is 6.18 Å². The van der Waals surface area contributed by atoms with E-state index in [2.05, 4.69) is 5.32 Å². The third kappa shape index (κ3) is 3.72. The van der Waals surface area contributed by atoms with Gasteiger partial charge in [0.05, 0.1) is 24.0 Å². The zero-order valence-electron chi connectivity index (χ0n) is 11.0. The second-order valence-electron chi connectivity index (χ2n) is 4.30. The Morgan fingerprint density at radius 3 is 2.43 bits per heavy atom. The van der Waals surface area contributed by atoms with Crippen LogP contribution in [-0.4, -0.2) is 7.11 Å². The number of ether oxygens (including phenoxy) is 1. The van der Waals surface area contributed by atoms with E-state index >= 15 is 0 Å². The van der Waals surface area contributed by atoms with Crippen LogP contribution < -0.4 is 15.8 Å². The van der Waals surface area contributed by atoms with E-state index in [1.807, 2.05) is 0 Å². The summed E-state index contributed by atoms with van der Waals surface area (Å²) in [5, 5.41) is 2.80. The van der Waals surface area contributed by atoms with Crippen molar-refractivity contribution < 1.29 is 17.9 Å². The first-order chi connectivity index (χ1) is 9.79. The van der Waals surface area contributed by atoms with Crippen LogP contribution in [0.5, 0.6) is 5.75 Å². The number of hydrogen-bond acceptors (Lipinski definition) is 3. The molecule has 0 radical (unpaired) electrons. The number of nitrogen functional groups attached to an aromatic ring is 1. The molecule has 0 heterocycles. The van der Waals surface area contributed by atoms with Gasteiger partial charge in [-0.15, -0.1) is 0 Å². The van der Waals surface area contributed by atoms with Crippen LogP contribution in [0.4, 0.5) is 30.2 Å². The quantitative estimate of drug-likeness (QED) is 0.807. The van der Waals surface area contributed by atoms with Crippen LogP contribution >= 0.6 is 11.6 Å². The van der Waals surface area contributed by atoms with Crippen molar-refractivity contribution >= 4 is 28.7 Å². The van der Waals surface area contributed by atoms with Crippen molar-refractivity contribution in [2.45, 2.75) is 6.18 Å². The Morgan fingerprint density at radius 2 is 1.86 bits per heavy atom. The van der Waals surface area contributed by atoms with Crippen LogP contribution in [0.2, 0.25) is 5.02 Å². The highest BCUT2D eigenvalue weighted by molar-refractivity contribution is 6.31. The van der Waals surface area contributed by atoms with Crippen molar-refractivity contribution in [3.05, 3.63) is 47.0 Å². The summed E-state index contributed by atoms with van der Waals surface area (Å²) in [6.45, 7) is 0. The Kier molecular flexibility index (Phi) is 4.18. The van der Waals surface area contributed by atoms with Gasteiger partial charge in [0.2, 0.25) is 0 Å². The van der Waals surface area contributed by atoms with Gasteiger partial charge in [-0.25, -0.2) is 0 Å². The number of rotatable bonds is 3. The maximum Gasteiger partial charge on any atom is 0.416 e. The van der Waals surface area contributed by atoms with E-state index in [1.54, 1.807) is 18.2 Å². The third-order valence-corrected chi connectivity index (χ3v) is 2.98. The largest absolute Gasteiger partial charge is 0.497 e. The summed E-state index contributed by atoms with van der Waals surface area (Å²) in [6.07, 6.45) is -4.47. The molecule has 7 heteroatoms. The number of nitrogens with one attached hydrogen (secondary N) is 1. The monoisotopic (exact) mass is 316 g/mol. The second kappa shape index (κ2) is 5.73. The molecule has 3 N–H and O–H groups in total. The van der Waals surface area contributed by atoms with Crippen molar-refractivity contribution in [1.29, 1.82) is 0 Å². The fourth-order valence-corrected chi connectivity index (χ4v) is 2.00. The van der Waals surface area contributed by atoms with Crippen molar-refractivity contribution in [3.8, 4) is 5.75 Å². The average Bonchev–Trinajstić information content (AvgIpc) is 2.39. The van der Waals surface area contributed by atoms with Gasteiger partial charge in [-0.3, -0.25) is 0 Å². The SMILES string of the molecule is COc1ccc(Nc2cc(Cl)cc(C(F)(F)F)c2)c(N)c1. The van der Waals surface area contributed by atoms with Crippen LogP contribution in [0.3, 0.4) is 0 Å². The summed E-state index contributed by atoms with van der Waals surface area (Å²) in [6, 6.07) is 8.05. The minimum absolute atomic E-state index is 0.0144.